The first-order valence-electron chi connectivity index (χ1n) is 13.4. The minimum absolute atomic E-state index is 0.0135. The number of ether oxygens (including phenoxy) is 2. The predicted molar refractivity (Wildman–Crippen MR) is 143 cm³/mol. The summed E-state index contributed by atoms with van der Waals surface area (Å²) >= 11 is 0. The van der Waals surface area contributed by atoms with Gasteiger partial charge in [-0.2, -0.15) is 0 Å². The molecule has 3 aliphatic rings. The van der Waals surface area contributed by atoms with Gasteiger partial charge in [0, 0.05) is 17.7 Å². The quantitative estimate of drug-likeness (QED) is 0.0805. The molecule has 5 atom stereocenters. The molecule has 5 unspecified atom stereocenters. The van der Waals surface area contributed by atoms with E-state index < -0.39 is 47.1 Å². The predicted octanol–water partition coefficient (Wildman–Crippen LogP) is 3.76. The van der Waals surface area contributed by atoms with Gasteiger partial charge in [-0.15, -0.1) is 0 Å². The Labute approximate surface area is 235 Å². The Kier molecular flexibility index (Phi) is 7.53. The Bertz CT molecular complexity index is 1420. The lowest BCUT2D eigenvalue weighted by Crippen LogP contribution is -2.48. The van der Waals surface area contributed by atoms with E-state index in [1.54, 1.807) is 0 Å². The monoisotopic (exact) mass is 560 g/mol. The first-order chi connectivity index (χ1) is 19.5. The number of hydrogen-bond acceptors (Lipinski definition) is 9. The molecule has 2 amide bonds. The van der Waals surface area contributed by atoms with Gasteiger partial charge in [0.25, 0.3) is 5.69 Å². The van der Waals surface area contributed by atoms with Crippen LogP contribution in [0.1, 0.15) is 47.4 Å². The number of nitrogens with zero attached hydrogens (tertiary/aromatic N) is 2. The molecule has 41 heavy (non-hydrogen) atoms. The first-order valence-corrected chi connectivity index (χ1v) is 13.4. The number of benzene rings is 2. The summed E-state index contributed by atoms with van der Waals surface area (Å²) in [5.41, 5.74) is 0.144. The van der Waals surface area contributed by atoms with Crippen LogP contribution in [-0.2, 0) is 19.1 Å². The number of allylic oxidation sites excluding steroid dienone is 2. The van der Waals surface area contributed by atoms with Crippen molar-refractivity contribution in [2.45, 2.75) is 32.7 Å². The summed E-state index contributed by atoms with van der Waals surface area (Å²) < 4.78 is 10.6. The van der Waals surface area contributed by atoms with Crippen molar-refractivity contribution in [1.82, 2.24) is 4.90 Å². The van der Waals surface area contributed by atoms with Crippen LogP contribution < -0.4 is 4.74 Å². The standard InChI is InChI=1S/C30H28N2O9/c1-16(2)13-23(31-27(34)25-19-3-4-20(14-19)26(25)28(31)35)30(37)40-15-24(33)17-7-11-22(12-8-17)41-29(36)18-5-9-21(10-6-18)32(38)39/h3-12,16,19-20,23,25-26H,13-15H2,1-2H3. The zero-order valence-electron chi connectivity index (χ0n) is 22.4. The maximum atomic E-state index is 13.2. The summed E-state index contributed by atoms with van der Waals surface area (Å²) in [5, 5.41) is 10.8. The maximum Gasteiger partial charge on any atom is 0.343 e. The number of non-ortho nitro benzene ring substituents is 1. The minimum Gasteiger partial charge on any atom is -0.456 e. The maximum absolute atomic E-state index is 13.2. The van der Waals surface area contributed by atoms with Gasteiger partial charge in [-0.25, -0.2) is 9.59 Å². The third-order valence-corrected chi connectivity index (χ3v) is 7.83. The fourth-order valence-corrected chi connectivity index (χ4v) is 5.90. The second-order valence-electron chi connectivity index (χ2n) is 10.9. The Morgan fingerprint density at radius 2 is 1.49 bits per heavy atom. The van der Waals surface area contributed by atoms with Crippen LogP contribution in [0.3, 0.4) is 0 Å². The number of rotatable bonds is 10. The van der Waals surface area contributed by atoms with Crippen LogP contribution in [0.5, 0.6) is 5.75 Å². The molecule has 1 saturated carbocycles. The smallest absolute Gasteiger partial charge is 0.343 e. The van der Waals surface area contributed by atoms with Gasteiger partial charge in [0.2, 0.25) is 11.8 Å². The van der Waals surface area contributed by atoms with Crippen LogP contribution in [-0.4, -0.2) is 52.0 Å². The molecule has 1 heterocycles. The van der Waals surface area contributed by atoms with Crippen molar-refractivity contribution < 1.29 is 38.4 Å². The molecule has 2 aromatic carbocycles. The average Bonchev–Trinajstić information content (AvgIpc) is 3.64. The van der Waals surface area contributed by atoms with E-state index in [1.165, 1.54) is 48.5 Å². The van der Waals surface area contributed by atoms with Gasteiger partial charge >= 0.3 is 11.9 Å². The van der Waals surface area contributed by atoms with E-state index in [9.17, 15) is 34.1 Å². The summed E-state index contributed by atoms with van der Waals surface area (Å²) in [4.78, 5) is 75.9. The van der Waals surface area contributed by atoms with Crippen LogP contribution >= 0.6 is 0 Å². The van der Waals surface area contributed by atoms with Crippen LogP contribution in [0.25, 0.3) is 0 Å². The Morgan fingerprint density at radius 1 is 0.927 bits per heavy atom. The molecule has 0 radical (unpaired) electrons. The highest BCUT2D eigenvalue weighted by molar-refractivity contribution is 6.09. The fourth-order valence-electron chi connectivity index (χ4n) is 5.90. The molecule has 1 saturated heterocycles. The number of esters is 2. The molecule has 2 aromatic rings. The molecule has 11 heteroatoms. The number of likely N-dealkylation sites (tertiary alicyclic amines) is 1. The fraction of sp³-hybridized carbons (Fsp3) is 0.367. The summed E-state index contributed by atoms with van der Waals surface area (Å²) in [6.45, 7) is 3.16. The van der Waals surface area contributed by atoms with Gasteiger partial charge in [-0.3, -0.25) is 29.4 Å². The summed E-state index contributed by atoms with van der Waals surface area (Å²) in [7, 11) is 0. The van der Waals surface area contributed by atoms with Crippen LogP contribution in [0.15, 0.2) is 60.7 Å². The number of imide groups is 1. The number of amides is 2. The van der Waals surface area contributed by atoms with Crippen molar-refractivity contribution in [3.8, 4) is 5.75 Å². The van der Waals surface area contributed by atoms with E-state index in [2.05, 4.69) is 0 Å². The van der Waals surface area contributed by atoms with Gasteiger partial charge in [0.1, 0.15) is 11.8 Å². The Balaban J connectivity index is 1.19. The zero-order chi connectivity index (χ0) is 29.4. The lowest BCUT2D eigenvalue weighted by Gasteiger charge is -2.27. The number of fused-ring (bicyclic) bond motifs is 5. The normalized spacial score (nSPS) is 23.0. The lowest BCUT2D eigenvalue weighted by atomic mass is 9.85. The van der Waals surface area contributed by atoms with E-state index in [-0.39, 0.29) is 58.6 Å². The number of carbonyl (C=O) groups excluding carboxylic acids is 5. The number of ketones is 1. The third-order valence-electron chi connectivity index (χ3n) is 7.83. The largest absolute Gasteiger partial charge is 0.456 e. The molecule has 0 N–H and O–H groups in total. The highest BCUT2D eigenvalue weighted by atomic mass is 16.6. The van der Waals surface area contributed by atoms with Crippen molar-refractivity contribution in [2.75, 3.05) is 6.61 Å². The number of nitro benzene ring substituents is 1. The van der Waals surface area contributed by atoms with Crippen LogP contribution in [0.2, 0.25) is 0 Å². The van der Waals surface area contributed by atoms with E-state index in [4.69, 9.17) is 9.47 Å². The van der Waals surface area contributed by atoms with E-state index >= 15 is 0 Å². The molecular formula is C30H28N2O9. The van der Waals surface area contributed by atoms with E-state index in [1.807, 2.05) is 26.0 Å². The van der Waals surface area contributed by atoms with Gasteiger partial charge in [0.05, 0.1) is 22.3 Å². The summed E-state index contributed by atoms with van der Waals surface area (Å²) in [6.07, 6.45) is 4.97. The molecule has 5 rings (SSSR count). The Hall–Kier alpha value is -4.67. The molecule has 0 spiro atoms. The van der Waals surface area contributed by atoms with E-state index in [0.29, 0.717) is 0 Å². The highest BCUT2D eigenvalue weighted by Gasteiger charge is 2.61. The van der Waals surface area contributed by atoms with Crippen LogP contribution in [0, 0.1) is 39.7 Å². The topological polar surface area (TPSA) is 150 Å². The molecule has 2 fully saturated rings. The van der Waals surface area contributed by atoms with Gasteiger partial charge in [-0.1, -0.05) is 26.0 Å². The van der Waals surface area contributed by atoms with Crippen molar-refractivity contribution in [3.05, 3.63) is 81.9 Å². The first kappa shape index (κ1) is 27.9. The van der Waals surface area contributed by atoms with Crippen molar-refractivity contribution in [3.63, 3.8) is 0 Å². The van der Waals surface area contributed by atoms with Gasteiger partial charge < -0.3 is 9.47 Å². The van der Waals surface area contributed by atoms with Crippen molar-refractivity contribution in [1.29, 1.82) is 0 Å². The molecular weight excluding hydrogens is 532 g/mol. The van der Waals surface area contributed by atoms with Gasteiger partial charge in [0.15, 0.2) is 12.4 Å². The second kappa shape index (κ2) is 11.1. The minimum atomic E-state index is -1.10. The van der Waals surface area contributed by atoms with Crippen LogP contribution in [0.4, 0.5) is 5.69 Å². The van der Waals surface area contributed by atoms with Crippen molar-refractivity contribution in [2.24, 2.45) is 29.6 Å². The third kappa shape index (κ3) is 5.39. The number of carbonyl (C=O) groups is 5. The SMILES string of the molecule is CC(C)CC(C(=O)OCC(=O)c1ccc(OC(=O)c2ccc([N+](=O)[O-])cc2)cc1)N1C(=O)C2C3C=CC(C3)C2C1=O. The average molecular weight is 561 g/mol. The van der Waals surface area contributed by atoms with Gasteiger partial charge in [-0.05, 0) is 67.0 Å². The van der Waals surface area contributed by atoms with E-state index in [0.717, 1.165) is 11.3 Å². The lowest BCUT2D eigenvalue weighted by molar-refractivity contribution is -0.384. The number of nitro groups is 1. The molecule has 1 aliphatic heterocycles. The second-order valence-corrected chi connectivity index (χ2v) is 10.9. The molecule has 212 valence electrons. The molecule has 2 aliphatic carbocycles. The number of hydrogen-bond donors (Lipinski definition) is 0. The molecule has 11 nitrogen and oxygen atoms in total. The summed E-state index contributed by atoms with van der Waals surface area (Å²) in [6, 6.07) is 9.41. The summed E-state index contributed by atoms with van der Waals surface area (Å²) in [5.74, 6) is -3.46. The Morgan fingerprint density at radius 3 is 2.02 bits per heavy atom. The zero-order valence-corrected chi connectivity index (χ0v) is 22.4. The van der Waals surface area contributed by atoms with Crippen molar-refractivity contribution >= 4 is 35.2 Å². The number of Topliss-reactive ketones (excluding diaryl/α,β-unsaturated/α-hetero) is 1. The highest BCUT2D eigenvalue weighted by Crippen LogP contribution is 2.53. The molecule has 2 bridgehead atoms. The molecule has 0 aromatic heterocycles.